The molecule has 0 aliphatic rings. The highest BCUT2D eigenvalue weighted by Gasteiger charge is 2.09. The average Bonchev–Trinajstić information content (AvgIpc) is 2.76. The number of rotatable bonds is 7. The van der Waals surface area contributed by atoms with Crippen LogP contribution in [0.1, 0.15) is 25.0 Å². The third kappa shape index (κ3) is 4.75. The Morgan fingerprint density at radius 2 is 2.40 bits per heavy atom. The summed E-state index contributed by atoms with van der Waals surface area (Å²) in [4.78, 5) is 0. The predicted octanol–water partition coefficient (Wildman–Crippen LogP) is 1.80. The van der Waals surface area contributed by atoms with Crippen LogP contribution in [0.4, 0.5) is 0 Å². The first-order valence-electron chi connectivity index (χ1n) is 5.16. The van der Waals surface area contributed by atoms with E-state index in [0.717, 1.165) is 18.6 Å². The van der Waals surface area contributed by atoms with Crippen molar-refractivity contribution < 1.29 is 9.84 Å². The summed E-state index contributed by atoms with van der Waals surface area (Å²) in [7, 11) is 1.70. The van der Waals surface area contributed by atoms with Gasteiger partial charge in [0.05, 0.1) is 6.10 Å². The second-order valence-electron chi connectivity index (χ2n) is 3.66. The van der Waals surface area contributed by atoms with Crippen molar-refractivity contribution in [2.45, 2.75) is 25.5 Å². The minimum absolute atomic E-state index is 0.373. The molecule has 2 N–H and O–H groups in total. The summed E-state index contributed by atoms with van der Waals surface area (Å²) in [5.41, 5.74) is 0.992. The van der Waals surface area contributed by atoms with Crippen LogP contribution >= 0.6 is 11.3 Å². The van der Waals surface area contributed by atoms with Gasteiger partial charge in [0.1, 0.15) is 0 Å². The molecule has 2 atom stereocenters. The summed E-state index contributed by atoms with van der Waals surface area (Å²) in [6.07, 6.45) is 0.564. The molecular formula is C11H19NO2S. The number of thiophene rings is 1. The van der Waals surface area contributed by atoms with Crippen LogP contribution in [0.5, 0.6) is 0 Å². The third-order valence-corrected chi connectivity index (χ3v) is 3.04. The van der Waals surface area contributed by atoms with E-state index >= 15 is 0 Å². The molecule has 0 spiro atoms. The molecule has 0 saturated heterocycles. The summed E-state index contributed by atoms with van der Waals surface area (Å²) >= 11 is 1.61. The third-order valence-electron chi connectivity index (χ3n) is 2.34. The molecule has 1 heterocycles. The van der Waals surface area contributed by atoms with Crippen LogP contribution in [0.25, 0.3) is 0 Å². The Morgan fingerprint density at radius 1 is 1.60 bits per heavy atom. The molecule has 0 aromatic carbocycles. The van der Waals surface area contributed by atoms with Crippen LogP contribution in [-0.2, 0) is 4.74 Å². The van der Waals surface area contributed by atoms with Gasteiger partial charge in [-0.1, -0.05) is 0 Å². The summed E-state index contributed by atoms with van der Waals surface area (Å²) in [5.74, 6) is 0. The molecule has 3 nitrogen and oxygen atoms in total. The van der Waals surface area contributed by atoms with Crippen molar-refractivity contribution in [2.75, 3.05) is 20.3 Å². The molecule has 0 aliphatic carbocycles. The largest absolute Gasteiger partial charge is 0.387 e. The first-order chi connectivity index (χ1) is 7.24. The van der Waals surface area contributed by atoms with Gasteiger partial charge in [-0.25, -0.2) is 0 Å². The SMILES string of the molecule is COCCC(C)NCC(O)c1ccsc1. The summed E-state index contributed by atoms with van der Waals surface area (Å²) < 4.78 is 4.99. The first-order valence-corrected chi connectivity index (χ1v) is 6.10. The zero-order valence-electron chi connectivity index (χ0n) is 9.27. The van der Waals surface area contributed by atoms with Crippen molar-refractivity contribution >= 4 is 11.3 Å². The van der Waals surface area contributed by atoms with Crippen molar-refractivity contribution in [1.29, 1.82) is 0 Å². The van der Waals surface area contributed by atoms with Crippen LogP contribution in [0.15, 0.2) is 16.8 Å². The molecule has 15 heavy (non-hydrogen) atoms. The maximum absolute atomic E-state index is 9.80. The minimum Gasteiger partial charge on any atom is -0.387 e. The summed E-state index contributed by atoms with van der Waals surface area (Å²) in [6.45, 7) is 3.45. The first kappa shape index (κ1) is 12.6. The van der Waals surface area contributed by atoms with Gasteiger partial charge in [-0.2, -0.15) is 11.3 Å². The Balaban J connectivity index is 2.19. The number of methoxy groups -OCH3 is 1. The van der Waals surface area contributed by atoms with Gasteiger partial charge in [0.25, 0.3) is 0 Å². The minimum atomic E-state index is -0.402. The zero-order valence-corrected chi connectivity index (χ0v) is 10.1. The van der Waals surface area contributed by atoms with Crippen LogP contribution in [0, 0.1) is 0 Å². The standard InChI is InChI=1S/C11H19NO2S/c1-9(3-5-14-2)12-7-11(13)10-4-6-15-8-10/h4,6,8-9,11-13H,3,5,7H2,1-2H3. The number of ether oxygens (including phenoxy) is 1. The second-order valence-corrected chi connectivity index (χ2v) is 4.44. The zero-order chi connectivity index (χ0) is 11.1. The van der Waals surface area contributed by atoms with Crippen LogP contribution < -0.4 is 5.32 Å². The highest BCUT2D eigenvalue weighted by Crippen LogP contribution is 2.15. The molecule has 0 radical (unpaired) electrons. The van der Waals surface area contributed by atoms with Gasteiger partial charge in [-0.3, -0.25) is 0 Å². The summed E-state index contributed by atoms with van der Waals surface area (Å²) in [5, 5.41) is 17.0. The molecule has 2 unspecified atom stereocenters. The molecule has 0 saturated carbocycles. The molecule has 1 aromatic rings. The molecule has 4 heteroatoms. The lowest BCUT2D eigenvalue weighted by Gasteiger charge is -2.16. The van der Waals surface area contributed by atoms with Gasteiger partial charge < -0.3 is 15.2 Å². The lowest BCUT2D eigenvalue weighted by Crippen LogP contribution is -2.31. The van der Waals surface area contributed by atoms with Gasteiger partial charge in [-0.15, -0.1) is 0 Å². The van der Waals surface area contributed by atoms with Crippen LogP contribution in [0.2, 0.25) is 0 Å². The fraction of sp³-hybridized carbons (Fsp3) is 0.636. The van der Waals surface area contributed by atoms with Crippen molar-refractivity contribution in [1.82, 2.24) is 5.32 Å². The Kier molecular flexibility index (Phi) is 5.86. The van der Waals surface area contributed by atoms with Crippen molar-refractivity contribution in [3.8, 4) is 0 Å². The van der Waals surface area contributed by atoms with Gasteiger partial charge in [0, 0.05) is 26.3 Å². The Hall–Kier alpha value is -0.420. The Bertz CT molecular complexity index is 251. The molecule has 86 valence electrons. The van der Waals surface area contributed by atoms with E-state index in [1.807, 2.05) is 16.8 Å². The number of hydrogen-bond acceptors (Lipinski definition) is 4. The maximum Gasteiger partial charge on any atom is 0.0922 e. The number of aliphatic hydroxyl groups excluding tert-OH is 1. The highest BCUT2D eigenvalue weighted by atomic mass is 32.1. The second kappa shape index (κ2) is 6.95. The van der Waals surface area contributed by atoms with Crippen LogP contribution in [-0.4, -0.2) is 31.4 Å². The fourth-order valence-electron chi connectivity index (χ4n) is 1.29. The monoisotopic (exact) mass is 229 g/mol. The van der Waals surface area contributed by atoms with E-state index in [-0.39, 0.29) is 0 Å². The molecule has 0 bridgehead atoms. The fourth-order valence-corrected chi connectivity index (χ4v) is 2.00. The molecule has 0 amide bonds. The van der Waals surface area contributed by atoms with Gasteiger partial charge in [0.2, 0.25) is 0 Å². The van der Waals surface area contributed by atoms with E-state index in [4.69, 9.17) is 4.74 Å². The van der Waals surface area contributed by atoms with Crippen molar-refractivity contribution in [2.24, 2.45) is 0 Å². The topological polar surface area (TPSA) is 41.5 Å². The lowest BCUT2D eigenvalue weighted by molar-refractivity contribution is 0.158. The number of aliphatic hydroxyl groups is 1. The average molecular weight is 229 g/mol. The Morgan fingerprint density at radius 3 is 3.00 bits per heavy atom. The molecule has 0 aliphatic heterocycles. The molecule has 0 fully saturated rings. The van der Waals surface area contributed by atoms with Crippen LogP contribution in [0.3, 0.4) is 0 Å². The smallest absolute Gasteiger partial charge is 0.0922 e. The van der Waals surface area contributed by atoms with E-state index in [2.05, 4.69) is 12.2 Å². The van der Waals surface area contributed by atoms with Crippen molar-refractivity contribution in [3.63, 3.8) is 0 Å². The normalized spacial score (nSPS) is 15.1. The van der Waals surface area contributed by atoms with E-state index in [1.54, 1.807) is 18.4 Å². The molecule has 1 aromatic heterocycles. The van der Waals surface area contributed by atoms with Gasteiger partial charge in [-0.05, 0) is 35.7 Å². The maximum atomic E-state index is 9.80. The van der Waals surface area contributed by atoms with E-state index in [0.29, 0.717) is 12.6 Å². The van der Waals surface area contributed by atoms with E-state index in [1.165, 1.54) is 0 Å². The van der Waals surface area contributed by atoms with E-state index in [9.17, 15) is 5.11 Å². The molecule has 1 rings (SSSR count). The quantitative estimate of drug-likeness (QED) is 0.749. The number of nitrogens with one attached hydrogen (secondary N) is 1. The van der Waals surface area contributed by atoms with Gasteiger partial charge in [0.15, 0.2) is 0 Å². The van der Waals surface area contributed by atoms with E-state index < -0.39 is 6.10 Å². The highest BCUT2D eigenvalue weighted by molar-refractivity contribution is 7.07. The summed E-state index contributed by atoms with van der Waals surface area (Å²) in [6, 6.07) is 2.33. The molecular weight excluding hydrogens is 210 g/mol. The number of hydrogen-bond donors (Lipinski definition) is 2. The lowest BCUT2D eigenvalue weighted by atomic mass is 10.2. The Labute approximate surface area is 95.1 Å². The van der Waals surface area contributed by atoms with Gasteiger partial charge >= 0.3 is 0 Å². The predicted molar refractivity (Wildman–Crippen MR) is 63.2 cm³/mol. The van der Waals surface area contributed by atoms with Crippen molar-refractivity contribution in [3.05, 3.63) is 22.4 Å².